The number of benzene rings is 3. The van der Waals surface area contributed by atoms with E-state index in [0.29, 0.717) is 16.7 Å². The molecule has 1 unspecified atom stereocenters. The Kier molecular flexibility index (Phi) is 8.20. The molecule has 196 valence electrons. The predicted molar refractivity (Wildman–Crippen MR) is 146 cm³/mol. The van der Waals surface area contributed by atoms with Crippen LogP contribution in [0.5, 0.6) is 5.75 Å². The molecule has 1 N–H and O–H groups in total. The number of morpholine rings is 1. The summed E-state index contributed by atoms with van der Waals surface area (Å²) in [5, 5.41) is 12.2. The molecule has 1 atom stereocenters. The van der Waals surface area contributed by atoms with Gasteiger partial charge in [0.2, 0.25) is 5.91 Å². The van der Waals surface area contributed by atoms with Crippen LogP contribution >= 0.6 is 11.8 Å². The van der Waals surface area contributed by atoms with Crippen molar-refractivity contribution in [2.45, 2.75) is 18.2 Å². The first kappa shape index (κ1) is 25.7. The van der Waals surface area contributed by atoms with E-state index in [0.717, 1.165) is 43.4 Å². The van der Waals surface area contributed by atoms with Crippen molar-refractivity contribution in [3.05, 3.63) is 90.5 Å². The van der Waals surface area contributed by atoms with Gasteiger partial charge >= 0.3 is 0 Å². The lowest BCUT2D eigenvalue weighted by Gasteiger charge is -2.28. The molecule has 10 heteroatoms. The second-order valence-corrected chi connectivity index (χ2v) is 9.65. The molecule has 1 amide bonds. The first-order chi connectivity index (χ1) is 18.6. The second-order valence-electron chi connectivity index (χ2n) is 8.71. The van der Waals surface area contributed by atoms with Crippen LogP contribution in [0.2, 0.25) is 0 Å². The molecule has 1 saturated heterocycles. The minimum Gasteiger partial charge on any atom is -0.483 e. The fourth-order valence-corrected chi connectivity index (χ4v) is 4.89. The number of ether oxygens (including phenoxy) is 2. The highest BCUT2D eigenvalue weighted by molar-refractivity contribution is 7.99. The van der Waals surface area contributed by atoms with E-state index in [2.05, 4.69) is 20.4 Å². The van der Waals surface area contributed by atoms with Gasteiger partial charge in [0.15, 0.2) is 17.1 Å². The quantitative estimate of drug-likeness (QED) is 0.299. The minimum atomic E-state index is -0.471. The summed E-state index contributed by atoms with van der Waals surface area (Å²) in [7, 11) is 0. The summed E-state index contributed by atoms with van der Waals surface area (Å²) >= 11 is 1.29. The maximum absolute atomic E-state index is 13.3. The van der Waals surface area contributed by atoms with Crippen LogP contribution in [-0.4, -0.2) is 52.7 Å². The topological polar surface area (TPSA) is 81.5 Å². The highest BCUT2D eigenvalue weighted by Crippen LogP contribution is 2.28. The summed E-state index contributed by atoms with van der Waals surface area (Å²) in [6.07, 6.45) is -0.471. The second kappa shape index (κ2) is 12.1. The monoisotopic (exact) mass is 533 g/mol. The average molecular weight is 534 g/mol. The van der Waals surface area contributed by atoms with Crippen molar-refractivity contribution < 1.29 is 18.7 Å². The van der Waals surface area contributed by atoms with Crippen LogP contribution < -0.4 is 15.0 Å². The minimum absolute atomic E-state index is 0.145. The highest BCUT2D eigenvalue weighted by Gasteiger charge is 2.22. The zero-order valence-corrected chi connectivity index (χ0v) is 21.7. The van der Waals surface area contributed by atoms with E-state index in [-0.39, 0.29) is 17.5 Å². The normalized spacial score (nSPS) is 14.2. The number of nitrogens with zero attached hydrogens (tertiary/aromatic N) is 4. The van der Waals surface area contributed by atoms with Gasteiger partial charge in [-0.05, 0) is 67.6 Å². The predicted octanol–water partition coefficient (Wildman–Crippen LogP) is 5.11. The molecule has 5 rings (SSSR count). The molecule has 1 aliphatic rings. The number of amides is 1. The summed E-state index contributed by atoms with van der Waals surface area (Å²) in [5.41, 5.74) is 2.70. The summed E-state index contributed by atoms with van der Waals surface area (Å²) < 4.78 is 26.6. The molecule has 1 aromatic heterocycles. The standard InChI is InChI=1S/C28H28FN5O3S/c1-20(37-25-13-7-21(29)8-14-25)27-31-32-28(34(27)24-5-3-2-4-6-24)38-19-26(35)30-22-9-11-23(12-10-22)33-15-17-36-18-16-33/h2-14,20H,15-19H2,1H3,(H,30,35). The van der Waals surface area contributed by atoms with Gasteiger partial charge in [-0.1, -0.05) is 30.0 Å². The first-order valence-corrected chi connectivity index (χ1v) is 13.3. The van der Waals surface area contributed by atoms with E-state index in [1.54, 1.807) is 12.1 Å². The lowest BCUT2D eigenvalue weighted by atomic mass is 10.2. The summed E-state index contributed by atoms with van der Waals surface area (Å²) in [5.74, 6) is 0.775. The van der Waals surface area contributed by atoms with Crippen molar-refractivity contribution in [3.8, 4) is 11.4 Å². The highest BCUT2D eigenvalue weighted by atomic mass is 32.2. The number of hydrogen-bond donors (Lipinski definition) is 1. The van der Waals surface area contributed by atoms with E-state index in [4.69, 9.17) is 9.47 Å². The van der Waals surface area contributed by atoms with E-state index in [1.165, 1.54) is 23.9 Å². The summed E-state index contributed by atoms with van der Waals surface area (Å²) in [4.78, 5) is 15.0. The van der Waals surface area contributed by atoms with E-state index in [9.17, 15) is 9.18 Å². The Morgan fingerprint density at radius 1 is 1.00 bits per heavy atom. The Bertz CT molecular complexity index is 1340. The van der Waals surface area contributed by atoms with Gasteiger partial charge in [-0.15, -0.1) is 10.2 Å². The van der Waals surface area contributed by atoms with Gasteiger partial charge in [0, 0.05) is 30.2 Å². The molecule has 3 aromatic carbocycles. The van der Waals surface area contributed by atoms with Crippen molar-refractivity contribution in [3.63, 3.8) is 0 Å². The molecule has 0 saturated carbocycles. The molecule has 0 radical (unpaired) electrons. The molecular formula is C28H28FN5O3S. The average Bonchev–Trinajstić information content (AvgIpc) is 3.39. The number of aromatic nitrogens is 3. The van der Waals surface area contributed by atoms with E-state index < -0.39 is 6.10 Å². The number of para-hydroxylation sites is 1. The van der Waals surface area contributed by atoms with Gasteiger partial charge in [-0.25, -0.2) is 4.39 Å². The zero-order chi connectivity index (χ0) is 26.3. The van der Waals surface area contributed by atoms with Crippen molar-refractivity contribution >= 4 is 29.0 Å². The number of halogens is 1. The molecule has 1 fully saturated rings. The van der Waals surface area contributed by atoms with E-state index in [1.807, 2.05) is 66.1 Å². The molecule has 0 spiro atoms. The third kappa shape index (κ3) is 6.32. The summed E-state index contributed by atoms with van der Waals surface area (Å²) in [6, 6.07) is 23.3. The number of thioether (sulfide) groups is 1. The maximum Gasteiger partial charge on any atom is 0.234 e. The molecular weight excluding hydrogens is 505 g/mol. The Morgan fingerprint density at radius 2 is 1.71 bits per heavy atom. The summed E-state index contributed by atoms with van der Waals surface area (Å²) in [6.45, 7) is 5.03. The van der Waals surface area contributed by atoms with Crippen LogP contribution in [0, 0.1) is 5.82 Å². The molecule has 0 bridgehead atoms. The smallest absolute Gasteiger partial charge is 0.234 e. The van der Waals surface area contributed by atoms with Gasteiger partial charge in [0.25, 0.3) is 0 Å². The third-order valence-corrected chi connectivity index (χ3v) is 6.95. The van der Waals surface area contributed by atoms with Crippen LogP contribution in [0.4, 0.5) is 15.8 Å². The Hall–Kier alpha value is -3.89. The number of anilines is 2. The fourth-order valence-electron chi connectivity index (χ4n) is 4.13. The van der Waals surface area contributed by atoms with Gasteiger partial charge < -0.3 is 19.7 Å². The lowest BCUT2D eigenvalue weighted by Crippen LogP contribution is -2.36. The van der Waals surface area contributed by atoms with Gasteiger partial charge in [0.05, 0.1) is 19.0 Å². The van der Waals surface area contributed by atoms with E-state index >= 15 is 0 Å². The molecule has 1 aliphatic heterocycles. The number of carbonyl (C=O) groups excluding carboxylic acids is 1. The zero-order valence-electron chi connectivity index (χ0n) is 20.9. The molecule has 0 aliphatic carbocycles. The van der Waals surface area contributed by atoms with Crippen LogP contribution in [0.1, 0.15) is 18.9 Å². The molecule has 2 heterocycles. The number of hydrogen-bond acceptors (Lipinski definition) is 7. The third-order valence-electron chi connectivity index (χ3n) is 6.02. The molecule has 4 aromatic rings. The Balaban J connectivity index is 1.26. The number of nitrogens with one attached hydrogen (secondary N) is 1. The fraction of sp³-hybridized carbons (Fsp3) is 0.250. The SMILES string of the molecule is CC(Oc1ccc(F)cc1)c1nnc(SCC(=O)Nc2ccc(N3CCOCC3)cc2)n1-c1ccccc1. The Morgan fingerprint density at radius 3 is 2.42 bits per heavy atom. The van der Waals surface area contributed by atoms with Gasteiger partial charge in [0.1, 0.15) is 11.6 Å². The number of rotatable bonds is 9. The first-order valence-electron chi connectivity index (χ1n) is 12.4. The lowest BCUT2D eigenvalue weighted by molar-refractivity contribution is -0.113. The van der Waals surface area contributed by atoms with Gasteiger partial charge in [-0.2, -0.15) is 0 Å². The van der Waals surface area contributed by atoms with Crippen LogP contribution in [0.15, 0.2) is 84.0 Å². The Labute approximate surface area is 224 Å². The van der Waals surface area contributed by atoms with Crippen LogP contribution in [0.3, 0.4) is 0 Å². The maximum atomic E-state index is 13.3. The van der Waals surface area contributed by atoms with Crippen molar-refractivity contribution in [1.82, 2.24) is 14.8 Å². The largest absolute Gasteiger partial charge is 0.483 e. The molecule has 8 nitrogen and oxygen atoms in total. The van der Waals surface area contributed by atoms with Crippen molar-refractivity contribution in [1.29, 1.82) is 0 Å². The van der Waals surface area contributed by atoms with Gasteiger partial charge in [-0.3, -0.25) is 9.36 Å². The van der Waals surface area contributed by atoms with Crippen molar-refractivity contribution in [2.24, 2.45) is 0 Å². The molecule has 38 heavy (non-hydrogen) atoms. The van der Waals surface area contributed by atoms with Crippen LogP contribution in [0.25, 0.3) is 5.69 Å². The van der Waals surface area contributed by atoms with Crippen molar-refractivity contribution in [2.75, 3.05) is 42.3 Å². The van der Waals surface area contributed by atoms with Crippen LogP contribution in [-0.2, 0) is 9.53 Å². The number of carbonyl (C=O) groups is 1.